The van der Waals surface area contributed by atoms with E-state index in [2.05, 4.69) is 11.4 Å². The molecule has 0 bridgehead atoms. The first-order valence-corrected chi connectivity index (χ1v) is 8.39. The lowest BCUT2D eigenvalue weighted by Gasteiger charge is -2.21. The van der Waals surface area contributed by atoms with Crippen LogP contribution in [0.15, 0.2) is 48.5 Å². The summed E-state index contributed by atoms with van der Waals surface area (Å²) in [5.74, 6) is 0.744. The minimum absolute atomic E-state index is 0.105. The van der Waals surface area contributed by atoms with Gasteiger partial charge < -0.3 is 15.0 Å². The van der Waals surface area contributed by atoms with Crippen molar-refractivity contribution in [1.29, 1.82) is 5.26 Å². The maximum absolute atomic E-state index is 12.5. The van der Waals surface area contributed by atoms with Crippen molar-refractivity contribution in [1.82, 2.24) is 0 Å². The monoisotopic (exact) mass is 338 g/mol. The van der Waals surface area contributed by atoms with Crippen molar-refractivity contribution in [2.24, 2.45) is 0 Å². The van der Waals surface area contributed by atoms with Crippen molar-refractivity contribution in [3.05, 3.63) is 59.7 Å². The Hall–Kier alpha value is -2.84. The number of ether oxygens (including phenoxy) is 1. The van der Waals surface area contributed by atoms with E-state index in [-0.39, 0.29) is 11.9 Å². The van der Waals surface area contributed by atoms with Gasteiger partial charge in [0.1, 0.15) is 18.4 Å². The molecule has 0 aliphatic heterocycles. The van der Waals surface area contributed by atoms with Crippen LogP contribution in [0, 0.1) is 11.3 Å². The van der Waals surface area contributed by atoms with Crippen LogP contribution in [0.5, 0.6) is 5.75 Å². The van der Waals surface area contributed by atoms with Gasteiger partial charge in [0.25, 0.3) is 5.91 Å². The van der Waals surface area contributed by atoms with Gasteiger partial charge in [-0.05, 0) is 50.2 Å². The number of carbonyl (C=O) groups is 1. The molecule has 0 saturated heterocycles. The lowest BCUT2D eigenvalue weighted by atomic mass is 10.1. The van der Waals surface area contributed by atoms with E-state index in [1.54, 1.807) is 24.3 Å². The van der Waals surface area contributed by atoms with Crippen molar-refractivity contribution in [2.75, 3.05) is 19.0 Å². The third-order valence-electron chi connectivity index (χ3n) is 4.16. The first-order chi connectivity index (χ1) is 12.0. The summed E-state index contributed by atoms with van der Waals surface area (Å²) < 4.78 is 5.44. The Kier molecular flexibility index (Phi) is 6.55. The highest BCUT2D eigenvalue weighted by molar-refractivity contribution is 5.94. The van der Waals surface area contributed by atoms with Gasteiger partial charge in [-0.3, -0.25) is 4.79 Å². The highest BCUT2D eigenvalue weighted by atomic mass is 16.5. The molecule has 0 spiro atoms. The van der Waals surface area contributed by atoms with Crippen LogP contribution in [0.2, 0.25) is 0 Å². The molecule has 0 aromatic heterocycles. The van der Waals surface area contributed by atoms with Gasteiger partial charge >= 0.3 is 0 Å². The van der Waals surface area contributed by atoms with Crippen LogP contribution in [0.1, 0.15) is 25.0 Å². The first kappa shape index (κ1) is 18.5. The summed E-state index contributed by atoms with van der Waals surface area (Å²) in [5.41, 5.74) is 2.15. The Labute approximate surface area is 148 Å². The molecule has 0 aliphatic rings. The van der Waals surface area contributed by atoms with E-state index in [4.69, 9.17) is 10.00 Å². The molecule has 2 N–H and O–H groups in total. The van der Waals surface area contributed by atoms with Gasteiger partial charge in [-0.15, -0.1) is 0 Å². The standard InChI is InChI=1S/C20H23N3O2/c1-4-25-18-11-9-16(10-12-18)14-23(3)15(2)20(24)22-19-8-6-5-7-17(19)13-21/h5-12,15H,4,14H2,1-3H3,(H,22,24)/p+1/t15-/m1/s1. The highest BCUT2D eigenvalue weighted by Crippen LogP contribution is 2.14. The number of nitrogens with one attached hydrogen (secondary N) is 2. The number of likely N-dealkylation sites (N-methyl/N-ethyl adjacent to an activating group) is 1. The Morgan fingerprint density at radius 2 is 1.92 bits per heavy atom. The Morgan fingerprint density at radius 1 is 1.24 bits per heavy atom. The first-order valence-electron chi connectivity index (χ1n) is 8.39. The van der Waals surface area contributed by atoms with Gasteiger partial charge in [0, 0.05) is 5.56 Å². The average molecular weight is 338 g/mol. The molecule has 1 amide bonds. The number of nitrogens with zero attached hydrogens (tertiary/aromatic N) is 1. The molecule has 0 radical (unpaired) electrons. The van der Waals surface area contributed by atoms with E-state index >= 15 is 0 Å². The molecular formula is C20H24N3O2+. The SMILES string of the molecule is CCOc1ccc(C[NH+](C)[C@H](C)C(=O)Nc2ccccc2C#N)cc1. The lowest BCUT2D eigenvalue weighted by Crippen LogP contribution is -3.12. The molecular weight excluding hydrogens is 314 g/mol. The van der Waals surface area contributed by atoms with E-state index in [1.165, 1.54) is 0 Å². The van der Waals surface area contributed by atoms with Crippen molar-refractivity contribution in [3.63, 3.8) is 0 Å². The fraction of sp³-hybridized carbons (Fsp3) is 0.300. The summed E-state index contributed by atoms with van der Waals surface area (Å²) in [6.07, 6.45) is 0. The van der Waals surface area contributed by atoms with Crippen LogP contribution < -0.4 is 15.0 Å². The van der Waals surface area contributed by atoms with E-state index in [9.17, 15) is 4.79 Å². The van der Waals surface area contributed by atoms with E-state index < -0.39 is 0 Å². The molecule has 0 heterocycles. The van der Waals surface area contributed by atoms with Crippen molar-refractivity contribution >= 4 is 11.6 Å². The number of amides is 1. The van der Waals surface area contributed by atoms with Gasteiger partial charge in [0.05, 0.1) is 24.9 Å². The molecule has 2 atom stereocenters. The Bertz CT molecular complexity index is 750. The summed E-state index contributed by atoms with van der Waals surface area (Å²) in [6.45, 7) is 5.21. The van der Waals surface area contributed by atoms with Crippen LogP contribution in [0.25, 0.3) is 0 Å². The number of carbonyl (C=O) groups excluding carboxylic acids is 1. The van der Waals surface area contributed by atoms with Crippen LogP contribution in [0.4, 0.5) is 5.69 Å². The van der Waals surface area contributed by atoms with Crippen molar-refractivity contribution in [3.8, 4) is 11.8 Å². The number of anilines is 1. The lowest BCUT2D eigenvalue weighted by molar-refractivity contribution is -0.907. The molecule has 5 nitrogen and oxygen atoms in total. The molecule has 0 aliphatic carbocycles. The van der Waals surface area contributed by atoms with Crippen LogP contribution in [-0.4, -0.2) is 25.6 Å². The van der Waals surface area contributed by atoms with Crippen LogP contribution >= 0.6 is 0 Å². The second-order valence-corrected chi connectivity index (χ2v) is 5.97. The van der Waals surface area contributed by atoms with Crippen molar-refractivity contribution in [2.45, 2.75) is 26.4 Å². The molecule has 0 saturated carbocycles. The zero-order chi connectivity index (χ0) is 18.2. The predicted octanol–water partition coefficient (Wildman–Crippen LogP) is 2.00. The molecule has 25 heavy (non-hydrogen) atoms. The van der Waals surface area contributed by atoms with Gasteiger partial charge in [-0.2, -0.15) is 5.26 Å². The van der Waals surface area contributed by atoms with E-state index in [1.807, 2.05) is 45.2 Å². The van der Waals surface area contributed by atoms with Crippen LogP contribution in [0.3, 0.4) is 0 Å². The van der Waals surface area contributed by atoms with Gasteiger partial charge in [-0.25, -0.2) is 0 Å². The summed E-state index contributed by atoms with van der Waals surface area (Å²) in [5, 5.41) is 12.0. The predicted molar refractivity (Wildman–Crippen MR) is 97.5 cm³/mol. The fourth-order valence-corrected chi connectivity index (χ4v) is 2.50. The van der Waals surface area contributed by atoms with Gasteiger partial charge in [0.2, 0.25) is 0 Å². The second-order valence-electron chi connectivity index (χ2n) is 5.97. The molecule has 5 heteroatoms. The van der Waals surface area contributed by atoms with Gasteiger partial charge in [0.15, 0.2) is 6.04 Å². The molecule has 2 rings (SSSR count). The molecule has 130 valence electrons. The molecule has 0 fully saturated rings. The maximum Gasteiger partial charge on any atom is 0.282 e. The number of benzene rings is 2. The van der Waals surface area contributed by atoms with Gasteiger partial charge in [-0.1, -0.05) is 12.1 Å². The molecule has 1 unspecified atom stereocenters. The second kappa shape index (κ2) is 8.86. The number of para-hydroxylation sites is 1. The topological polar surface area (TPSA) is 66.6 Å². The fourth-order valence-electron chi connectivity index (χ4n) is 2.50. The average Bonchev–Trinajstić information content (AvgIpc) is 2.63. The normalized spacial score (nSPS) is 12.7. The number of rotatable bonds is 7. The number of hydrogen-bond donors (Lipinski definition) is 2. The molecule has 2 aromatic rings. The van der Waals surface area contributed by atoms with Crippen LogP contribution in [-0.2, 0) is 11.3 Å². The summed E-state index contributed by atoms with van der Waals surface area (Å²) >= 11 is 0. The Morgan fingerprint density at radius 3 is 2.56 bits per heavy atom. The van der Waals surface area contributed by atoms with E-state index in [0.29, 0.717) is 17.9 Å². The summed E-state index contributed by atoms with van der Waals surface area (Å²) in [7, 11) is 1.98. The summed E-state index contributed by atoms with van der Waals surface area (Å²) in [4.78, 5) is 13.6. The smallest absolute Gasteiger partial charge is 0.282 e. The zero-order valence-electron chi connectivity index (χ0n) is 14.9. The minimum Gasteiger partial charge on any atom is -0.494 e. The third kappa shape index (κ3) is 5.07. The number of nitriles is 1. The number of quaternary nitrogens is 1. The zero-order valence-corrected chi connectivity index (χ0v) is 14.9. The molecule has 2 aromatic carbocycles. The van der Waals surface area contributed by atoms with E-state index in [0.717, 1.165) is 22.8 Å². The third-order valence-corrected chi connectivity index (χ3v) is 4.16. The number of hydrogen-bond acceptors (Lipinski definition) is 3. The maximum atomic E-state index is 12.5. The minimum atomic E-state index is -0.252. The van der Waals surface area contributed by atoms with Crippen molar-refractivity contribution < 1.29 is 14.4 Å². The highest BCUT2D eigenvalue weighted by Gasteiger charge is 2.22. The quantitative estimate of drug-likeness (QED) is 0.811. The summed E-state index contributed by atoms with van der Waals surface area (Å²) in [6, 6.07) is 16.8. The largest absolute Gasteiger partial charge is 0.494 e. The Balaban J connectivity index is 1.97.